The number of hydrogen-bond donors (Lipinski definition) is 1. The van der Waals surface area contributed by atoms with Gasteiger partial charge in [-0.2, -0.15) is 4.58 Å². The Bertz CT molecular complexity index is 1740. The lowest BCUT2D eigenvalue weighted by Crippen LogP contribution is -2.27. The van der Waals surface area contributed by atoms with E-state index in [1.165, 1.54) is 61.8 Å². The van der Waals surface area contributed by atoms with E-state index in [0.717, 1.165) is 38.8 Å². The fourth-order valence-electron chi connectivity index (χ4n) is 7.96. The first-order valence-electron chi connectivity index (χ1n) is 17.0. The first kappa shape index (κ1) is 31.0. The molecule has 3 aromatic rings. The Morgan fingerprint density at radius 3 is 2.22 bits per heavy atom. The molecule has 0 saturated heterocycles. The summed E-state index contributed by atoms with van der Waals surface area (Å²) in [7, 11) is 0. The van der Waals surface area contributed by atoms with Crippen molar-refractivity contribution in [2.45, 2.75) is 78.1 Å². The Morgan fingerprint density at radius 2 is 1.51 bits per heavy atom. The van der Waals surface area contributed by atoms with Crippen LogP contribution in [0.15, 0.2) is 114 Å². The highest BCUT2D eigenvalue weighted by molar-refractivity contribution is 6.03. The standard InChI is InChI=1S/C42H50N3/c1-7-44-36-18-11-9-16-34(36)41(3,4)38(44)26-24-31-14-13-15-32(40(31)33-22-20-30(21-23-33)28-29-43)25-27-39-42(5,6)35-17-10-12-19-37(35)45(39)8-2/h9-12,16-27H,7-8,13-15,28-29,43H2,1-6H3/q+1. The van der Waals surface area contributed by atoms with Gasteiger partial charge in [-0.15, -0.1) is 0 Å². The van der Waals surface area contributed by atoms with Crippen molar-refractivity contribution in [3.63, 3.8) is 0 Å². The third kappa shape index (κ3) is 5.46. The molecule has 3 aromatic carbocycles. The van der Waals surface area contributed by atoms with Crippen LogP contribution in [0.1, 0.15) is 83.1 Å². The molecule has 0 bridgehead atoms. The van der Waals surface area contributed by atoms with Crippen LogP contribution in [0.2, 0.25) is 0 Å². The number of anilines is 1. The summed E-state index contributed by atoms with van der Waals surface area (Å²) in [6.45, 7) is 16.6. The molecule has 0 spiro atoms. The van der Waals surface area contributed by atoms with Crippen molar-refractivity contribution in [1.82, 2.24) is 0 Å². The van der Waals surface area contributed by atoms with Gasteiger partial charge in [-0.25, -0.2) is 0 Å². The average Bonchev–Trinajstić information content (AvgIpc) is 3.41. The molecule has 0 saturated carbocycles. The molecule has 0 fully saturated rings. The van der Waals surface area contributed by atoms with Crippen LogP contribution in [-0.4, -0.2) is 29.9 Å². The second-order valence-electron chi connectivity index (χ2n) is 13.7. The van der Waals surface area contributed by atoms with Crippen LogP contribution in [0.3, 0.4) is 0 Å². The lowest BCUT2D eigenvalue weighted by molar-refractivity contribution is -0.433. The number of fused-ring (bicyclic) bond motifs is 2. The molecule has 232 valence electrons. The van der Waals surface area contributed by atoms with Crippen molar-refractivity contribution in [3.05, 3.63) is 136 Å². The van der Waals surface area contributed by atoms with E-state index in [1.807, 2.05) is 0 Å². The van der Waals surface area contributed by atoms with Crippen LogP contribution < -0.4 is 10.6 Å². The van der Waals surface area contributed by atoms with Crippen molar-refractivity contribution in [2.75, 3.05) is 24.5 Å². The fraction of sp³-hybridized carbons (Fsp3) is 0.357. The zero-order valence-corrected chi connectivity index (χ0v) is 28.2. The van der Waals surface area contributed by atoms with E-state index in [9.17, 15) is 0 Å². The normalized spacial score (nSPS) is 20.6. The zero-order chi connectivity index (χ0) is 31.8. The molecular weight excluding hydrogens is 546 g/mol. The number of likely N-dealkylation sites (N-methyl/N-ethyl adjacent to an activating group) is 1. The molecular formula is C42H50N3+. The number of nitrogens with two attached hydrogens (primary N) is 1. The monoisotopic (exact) mass is 596 g/mol. The molecule has 3 nitrogen and oxygen atoms in total. The topological polar surface area (TPSA) is 32.3 Å². The van der Waals surface area contributed by atoms with Crippen molar-refractivity contribution >= 4 is 22.7 Å². The van der Waals surface area contributed by atoms with Crippen molar-refractivity contribution < 1.29 is 4.58 Å². The minimum Gasteiger partial charge on any atom is -0.344 e. The molecule has 1 aliphatic carbocycles. The Kier molecular flexibility index (Phi) is 8.59. The van der Waals surface area contributed by atoms with Gasteiger partial charge in [-0.05, 0) is 105 Å². The average molecular weight is 597 g/mol. The molecule has 0 amide bonds. The SMILES string of the molecule is CCN1/C(=C/C=C2\CCCC(/C=C/C3=[N+](CC)c4ccccc4C3(C)C)=C2c2ccc(CCN)cc2)C(C)(C)c2ccccc21. The van der Waals surface area contributed by atoms with E-state index >= 15 is 0 Å². The van der Waals surface area contributed by atoms with Gasteiger partial charge in [0.2, 0.25) is 5.69 Å². The van der Waals surface area contributed by atoms with Crippen LogP contribution in [0.5, 0.6) is 0 Å². The molecule has 3 aliphatic rings. The maximum absolute atomic E-state index is 5.89. The summed E-state index contributed by atoms with van der Waals surface area (Å²) in [6.07, 6.45) is 13.9. The third-order valence-corrected chi connectivity index (χ3v) is 10.3. The Labute approximate surface area is 271 Å². The molecule has 2 N–H and O–H groups in total. The molecule has 6 rings (SSSR count). The van der Waals surface area contributed by atoms with E-state index in [-0.39, 0.29) is 10.8 Å². The maximum Gasteiger partial charge on any atom is 0.209 e. The van der Waals surface area contributed by atoms with E-state index in [0.29, 0.717) is 6.54 Å². The first-order chi connectivity index (χ1) is 21.7. The van der Waals surface area contributed by atoms with Crippen LogP contribution in [0.4, 0.5) is 11.4 Å². The van der Waals surface area contributed by atoms with Crippen LogP contribution in [-0.2, 0) is 17.3 Å². The highest BCUT2D eigenvalue weighted by atomic mass is 15.2. The minimum atomic E-state index is -0.0435. The lowest BCUT2D eigenvalue weighted by Gasteiger charge is -2.27. The molecule has 3 heteroatoms. The number of nitrogens with zero attached hydrogens (tertiary/aromatic N) is 2. The smallest absolute Gasteiger partial charge is 0.209 e. The molecule has 2 heterocycles. The van der Waals surface area contributed by atoms with Gasteiger partial charge in [-0.1, -0.05) is 86.7 Å². The maximum atomic E-state index is 5.89. The van der Waals surface area contributed by atoms with Crippen LogP contribution >= 0.6 is 0 Å². The van der Waals surface area contributed by atoms with Gasteiger partial charge >= 0.3 is 0 Å². The molecule has 0 unspecified atom stereocenters. The van der Waals surface area contributed by atoms with Gasteiger partial charge in [0.05, 0.1) is 5.41 Å². The highest BCUT2D eigenvalue weighted by Gasteiger charge is 2.43. The van der Waals surface area contributed by atoms with Crippen LogP contribution in [0.25, 0.3) is 5.57 Å². The summed E-state index contributed by atoms with van der Waals surface area (Å²) in [5.74, 6) is 0. The molecule has 2 aliphatic heterocycles. The van der Waals surface area contributed by atoms with Gasteiger partial charge in [0.1, 0.15) is 6.54 Å². The predicted octanol–water partition coefficient (Wildman–Crippen LogP) is 9.41. The highest BCUT2D eigenvalue weighted by Crippen LogP contribution is 2.48. The summed E-state index contributed by atoms with van der Waals surface area (Å²) >= 11 is 0. The van der Waals surface area contributed by atoms with Gasteiger partial charge in [-0.3, -0.25) is 0 Å². The molecule has 0 atom stereocenters. The summed E-state index contributed by atoms with van der Waals surface area (Å²) in [5.41, 5.74) is 20.9. The Morgan fingerprint density at radius 1 is 0.800 bits per heavy atom. The van der Waals surface area contributed by atoms with Crippen molar-refractivity contribution in [2.24, 2.45) is 5.73 Å². The van der Waals surface area contributed by atoms with E-state index in [2.05, 4.69) is 148 Å². The van der Waals surface area contributed by atoms with Gasteiger partial charge < -0.3 is 10.6 Å². The summed E-state index contributed by atoms with van der Waals surface area (Å²) in [4.78, 5) is 2.50. The van der Waals surface area contributed by atoms with Crippen LogP contribution in [0, 0.1) is 0 Å². The van der Waals surface area contributed by atoms with Crippen molar-refractivity contribution in [1.29, 1.82) is 0 Å². The summed E-state index contributed by atoms with van der Waals surface area (Å²) < 4.78 is 2.50. The van der Waals surface area contributed by atoms with E-state index in [4.69, 9.17) is 5.73 Å². The molecule has 0 aromatic heterocycles. The number of para-hydroxylation sites is 2. The number of benzene rings is 3. The Hall–Kier alpha value is -3.95. The number of rotatable bonds is 8. The van der Waals surface area contributed by atoms with Crippen molar-refractivity contribution in [3.8, 4) is 0 Å². The second-order valence-corrected chi connectivity index (χ2v) is 13.7. The second kappa shape index (κ2) is 12.4. The van der Waals surface area contributed by atoms with E-state index in [1.54, 1.807) is 0 Å². The quantitative estimate of drug-likeness (QED) is 0.263. The summed E-state index contributed by atoms with van der Waals surface area (Å²) in [5, 5.41) is 0. The number of hydrogen-bond acceptors (Lipinski definition) is 2. The third-order valence-electron chi connectivity index (χ3n) is 10.3. The largest absolute Gasteiger partial charge is 0.344 e. The number of allylic oxidation sites excluding steroid dienone is 8. The molecule has 45 heavy (non-hydrogen) atoms. The molecule has 0 radical (unpaired) electrons. The zero-order valence-electron chi connectivity index (χ0n) is 28.2. The fourth-order valence-corrected chi connectivity index (χ4v) is 7.96. The summed E-state index contributed by atoms with van der Waals surface area (Å²) in [6, 6.07) is 27.0. The first-order valence-corrected chi connectivity index (χ1v) is 17.0. The predicted molar refractivity (Wildman–Crippen MR) is 193 cm³/mol. The Balaban J connectivity index is 1.47. The van der Waals surface area contributed by atoms with Gasteiger partial charge in [0.25, 0.3) is 0 Å². The van der Waals surface area contributed by atoms with Gasteiger partial charge in [0.15, 0.2) is 5.71 Å². The van der Waals surface area contributed by atoms with E-state index < -0.39 is 0 Å². The van der Waals surface area contributed by atoms with Gasteiger partial charge in [0, 0.05) is 41.1 Å². The minimum absolute atomic E-state index is 0.0435. The lowest BCUT2D eigenvalue weighted by atomic mass is 9.79.